The summed E-state index contributed by atoms with van der Waals surface area (Å²) < 4.78 is 1.59. The van der Waals surface area contributed by atoms with Gasteiger partial charge in [0, 0.05) is 0 Å². The van der Waals surface area contributed by atoms with E-state index in [0.717, 1.165) is 5.69 Å². The summed E-state index contributed by atoms with van der Waals surface area (Å²) in [5.41, 5.74) is 7.23. The average molecular weight is 277 g/mol. The summed E-state index contributed by atoms with van der Waals surface area (Å²) in [6.07, 6.45) is 0. The molecule has 0 spiro atoms. The van der Waals surface area contributed by atoms with Crippen LogP contribution in [0.15, 0.2) is 29.4 Å². The molecule has 0 aliphatic carbocycles. The Morgan fingerprint density at radius 3 is 2.63 bits per heavy atom. The second kappa shape index (κ2) is 5.83. The first-order valence-electron chi connectivity index (χ1n) is 5.87. The van der Waals surface area contributed by atoms with Gasteiger partial charge in [-0.15, -0.1) is 5.10 Å². The number of primary amides is 1. The van der Waals surface area contributed by atoms with Crippen LogP contribution in [0.25, 0.3) is 5.69 Å². The Bertz CT molecular complexity index is 564. The molecule has 0 aliphatic heterocycles. The number of carbonyl (C=O) groups excluding carboxylic acids is 1. The van der Waals surface area contributed by atoms with E-state index in [0.29, 0.717) is 11.1 Å². The van der Waals surface area contributed by atoms with E-state index in [4.69, 9.17) is 5.73 Å². The first kappa shape index (κ1) is 13.5. The van der Waals surface area contributed by atoms with Crippen molar-refractivity contribution in [1.29, 1.82) is 0 Å². The van der Waals surface area contributed by atoms with Gasteiger partial charge in [-0.2, -0.15) is 4.68 Å². The quantitative estimate of drug-likeness (QED) is 0.834. The molecule has 2 aromatic rings. The van der Waals surface area contributed by atoms with Crippen LogP contribution in [0.3, 0.4) is 0 Å². The predicted octanol–water partition coefficient (Wildman–Crippen LogP) is 1.36. The molecule has 0 radical (unpaired) electrons. The van der Waals surface area contributed by atoms with E-state index >= 15 is 0 Å². The molecule has 2 N–H and O–H groups in total. The van der Waals surface area contributed by atoms with Gasteiger partial charge in [-0.3, -0.25) is 4.79 Å². The van der Waals surface area contributed by atoms with Crippen LogP contribution in [0.5, 0.6) is 0 Å². The number of hydrogen-bond acceptors (Lipinski definition) is 5. The van der Waals surface area contributed by atoms with Gasteiger partial charge in [0.15, 0.2) is 0 Å². The third-order valence-electron chi connectivity index (χ3n) is 2.59. The monoisotopic (exact) mass is 277 g/mol. The molecule has 19 heavy (non-hydrogen) atoms. The number of nitrogens with zero attached hydrogens (tertiary/aromatic N) is 4. The van der Waals surface area contributed by atoms with E-state index in [1.807, 2.05) is 24.3 Å². The van der Waals surface area contributed by atoms with Gasteiger partial charge in [-0.25, -0.2) is 0 Å². The van der Waals surface area contributed by atoms with Crippen LogP contribution < -0.4 is 5.73 Å². The molecule has 0 saturated heterocycles. The van der Waals surface area contributed by atoms with E-state index < -0.39 is 5.91 Å². The summed E-state index contributed by atoms with van der Waals surface area (Å²) in [6, 6.07) is 8.01. The largest absolute Gasteiger partial charge is 0.369 e. The lowest BCUT2D eigenvalue weighted by molar-refractivity contribution is -0.115. The molecule has 0 fully saturated rings. The molecule has 1 heterocycles. The van der Waals surface area contributed by atoms with Gasteiger partial charge in [0.25, 0.3) is 0 Å². The van der Waals surface area contributed by atoms with Gasteiger partial charge < -0.3 is 5.73 Å². The van der Waals surface area contributed by atoms with E-state index in [1.165, 1.54) is 17.3 Å². The smallest absolute Gasteiger partial charge is 0.227 e. The number of aromatic nitrogens is 4. The minimum Gasteiger partial charge on any atom is -0.369 e. The Hall–Kier alpha value is -1.89. The van der Waals surface area contributed by atoms with Crippen molar-refractivity contribution in [3.8, 4) is 5.69 Å². The van der Waals surface area contributed by atoms with Crippen molar-refractivity contribution in [2.75, 3.05) is 5.75 Å². The SMILES string of the molecule is CC(C)c1ccc(-n2nnnc2SCC(N)=O)cc1. The minimum atomic E-state index is -0.394. The van der Waals surface area contributed by atoms with Gasteiger partial charge in [-0.1, -0.05) is 37.7 Å². The number of carbonyl (C=O) groups is 1. The normalized spacial score (nSPS) is 10.9. The predicted molar refractivity (Wildman–Crippen MR) is 73.2 cm³/mol. The molecule has 1 amide bonds. The lowest BCUT2D eigenvalue weighted by atomic mass is 10.0. The first-order valence-corrected chi connectivity index (χ1v) is 6.86. The zero-order chi connectivity index (χ0) is 13.8. The van der Waals surface area contributed by atoms with Gasteiger partial charge >= 0.3 is 0 Å². The maximum absolute atomic E-state index is 10.8. The second-order valence-corrected chi connectivity index (χ2v) is 5.32. The van der Waals surface area contributed by atoms with Crippen LogP contribution in [0.1, 0.15) is 25.3 Å². The number of nitrogens with two attached hydrogens (primary N) is 1. The third-order valence-corrected chi connectivity index (χ3v) is 3.53. The fourth-order valence-corrected chi connectivity index (χ4v) is 2.20. The van der Waals surface area contributed by atoms with Crippen LogP contribution in [0.2, 0.25) is 0 Å². The molecular weight excluding hydrogens is 262 g/mol. The number of rotatable bonds is 5. The van der Waals surface area contributed by atoms with Crippen molar-refractivity contribution in [2.24, 2.45) is 5.73 Å². The number of benzene rings is 1. The number of amides is 1. The zero-order valence-electron chi connectivity index (χ0n) is 10.8. The van der Waals surface area contributed by atoms with Gasteiger partial charge in [0.05, 0.1) is 11.4 Å². The highest BCUT2D eigenvalue weighted by Gasteiger charge is 2.10. The highest BCUT2D eigenvalue weighted by atomic mass is 32.2. The van der Waals surface area contributed by atoms with Crippen LogP contribution >= 0.6 is 11.8 Å². The van der Waals surface area contributed by atoms with Crippen LogP contribution in [0, 0.1) is 0 Å². The highest BCUT2D eigenvalue weighted by Crippen LogP contribution is 2.20. The minimum absolute atomic E-state index is 0.157. The number of thioether (sulfide) groups is 1. The maximum Gasteiger partial charge on any atom is 0.227 e. The fourth-order valence-electron chi connectivity index (χ4n) is 1.57. The van der Waals surface area contributed by atoms with Crippen LogP contribution in [-0.4, -0.2) is 31.9 Å². The van der Waals surface area contributed by atoms with Gasteiger partial charge in [0.1, 0.15) is 0 Å². The van der Waals surface area contributed by atoms with Gasteiger partial charge in [-0.05, 0) is 34.0 Å². The lowest BCUT2D eigenvalue weighted by Crippen LogP contribution is -2.13. The number of tetrazole rings is 1. The zero-order valence-corrected chi connectivity index (χ0v) is 11.6. The van der Waals surface area contributed by atoms with E-state index in [-0.39, 0.29) is 5.75 Å². The van der Waals surface area contributed by atoms with Crippen molar-refractivity contribution in [1.82, 2.24) is 20.2 Å². The Morgan fingerprint density at radius 2 is 2.05 bits per heavy atom. The Kier molecular flexibility index (Phi) is 4.16. The summed E-state index contributed by atoms with van der Waals surface area (Å²) in [5.74, 6) is 0.242. The number of hydrogen-bond donors (Lipinski definition) is 1. The van der Waals surface area contributed by atoms with E-state index in [2.05, 4.69) is 29.4 Å². The van der Waals surface area contributed by atoms with Gasteiger partial charge in [0.2, 0.25) is 11.1 Å². The van der Waals surface area contributed by atoms with Crippen LogP contribution in [-0.2, 0) is 4.79 Å². The summed E-state index contributed by atoms with van der Waals surface area (Å²) in [7, 11) is 0. The van der Waals surface area contributed by atoms with Crippen molar-refractivity contribution in [3.63, 3.8) is 0 Å². The summed E-state index contributed by atoms with van der Waals surface area (Å²) in [5, 5.41) is 12.0. The van der Waals surface area contributed by atoms with Crippen molar-refractivity contribution in [3.05, 3.63) is 29.8 Å². The Balaban J connectivity index is 2.22. The first-order chi connectivity index (χ1) is 9.08. The molecule has 0 aliphatic rings. The molecule has 2 rings (SSSR count). The molecule has 0 bridgehead atoms. The lowest BCUT2D eigenvalue weighted by Gasteiger charge is -2.07. The second-order valence-electron chi connectivity index (χ2n) is 4.37. The third kappa shape index (κ3) is 3.31. The topological polar surface area (TPSA) is 86.7 Å². The molecule has 0 atom stereocenters. The molecule has 0 saturated carbocycles. The molecule has 100 valence electrons. The highest BCUT2D eigenvalue weighted by molar-refractivity contribution is 7.99. The summed E-state index contributed by atoms with van der Waals surface area (Å²) >= 11 is 1.22. The Morgan fingerprint density at radius 1 is 1.37 bits per heavy atom. The average Bonchev–Trinajstić information content (AvgIpc) is 2.84. The van der Waals surface area contributed by atoms with Crippen molar-refractivity contribution >= 4 is 17.7 Å². The Labute approximate surface area is 115 Å². The molecular formula is C12H15N5OS. The van der Waals surface area contributed by atoms with Crippen molar-refractivity contribution in [2.45, 2.75) is 24.9 Å². The molecule has 6 nitrogen and oxygen atoms in total. The van der Waals surface area contributed by atoms with E-state index in [1.54, 1.807) is 4.68 Å². The van der Waals surface area contributed by atoms with Crippen molar-refractivity contribution < 1.29 is 4.79 Å². The molecule has 0 unspecified atom stereocenters. The van der Waals surface area contributed by atoms with Crippen LogP contribution in [0.4, 0.5) is 0 Å². The fraction of sp³-hybridized carbons (Fsp3) is 0.333. The molecule has 1 aromatic heterocycles. The molecule has 7 heteroatoms. The molecule has 1 aromatic carbocycles. The summed E-state index contributed by atoms with van der Waals surface area (Å²) in [4.78, 5) is 10.8. The summed E-state index contributed by atoms with van der Waals surface area (Å²) in [6.45, 7) is 4.28. The maximum atomic E-state index is 10.8. The standard InChI is InChI=1S/C12H15N5OS/c1-8(2)9-3-5-10(6-4-9)17-12(14-15-16-17)19-7-11(13)18/h3-6,8H,7H2,1-2H3,(H2,13,18). The van der Waals surface area contributed by atoms with E-state index in [9.17, 15) is 4.79 Å².